The maximum Gasteiger partial charge on any atom is 0.0678 e. The molecule has 0 bridgehead atoms. The largest absolute Gasteiger partial charge is 0.390 e. The van der Waals surface area contributed by atoms with Crippen molar-refractivity contribution in [3.05, 3.63) is 0 Å². The van der Waals surface area contributed by atoms with Gasteiger partial charge in [0.05, 0.1) is 5.60 Å². The first-order chi connectivity index (χ1) is 5.40. The highest BCUT2D eigenvalue weighted by Crippen LogP contribution is 2.49. The average molecular weight is 170 g/mol. The molecule has 1 rings (SSSR count). The van der Waals surface area contributed by atoms with E-state index in [4.69, 9.17) is 0 Å². The Hall–Kier alpha value is -0.0400. The van der Waals surface area contributed by atoms with Crippen LogP contribution in [0.3, 0.4) is 0 Å². The van der Waals surface area contributed by atoms with E-state index in [1.807, 2.05) is 0 Å². The molecule has 1 aliphatic carbocycles. The third-order valence-electron chi connectivity index (χ3n) is 3.24. The van der Waals surface area contributed by atoms with Crippen molar-refractivity contribution in [3.63, 3.8) is 0 Å². The average Bonchev–Trinajstić information content (AvgIpc) is 2.02. The fourth-order valence-electron chi connectivity index (χ4n) is 2.86. The van der Waals surface area contributed by atoms with E-state index >= 15 is 0 Å². The summed E-state index contributed by atoms with van der Waals surface area (Å²) >= 11 is 0. The first-order valence-corrected chi connectivity index (χ1v) is 5.12. The van der Waals surface area contributed by atoms with Crippen LogP contribution >= 0.6 is 0 Å². The standard InChI is InChI=1S/C11H22O/c1-5-6-11(12)8-10(3,4)7-9(11)2/h9,12H,5-8H2,1-4H3. The highest BCUT2D eigenvalue weighted by atomic mass is 16.3. The predicted octanol–water partition coefficient (Wildman–Crippen LogP) is 2.97. The minimum Gasteiger partial charge on any atom is -0.390 e. The van der Waals surface area contributed by atoms with Crippen molar-refractivity contribution >= 4 is 0 Å². The van der Waals surface area contributed by atoms with E-state index in [-0.39, 0.29) is 5.60 Å². The molecule has 0 amide bonds. The molecule has 0 aromatic carbocycles. The number of rotatable bonds is 2. The van der Waals surface area contributed by atoms with Crippen LogP contribution in [0, 0.1) is 11.3 Å². The monoisotopic (exact) mass is 170 g/mol. The van der Waals surface area contributed by atoms with Crippen molar-refractivity contribution in [3.8, 4) is 0 Å². The lowest BCUT2D eigenvalue weighted by atomic mass is 9.86. The quantitative estimate of drug-likeness (QED) is 0.675. The molecular weight excluding hydrogens is 148 g/mol. The van der Waals surface area contributed by atoms with Crippen molar-refractivity contribution in [1.29, 1.82) is 0 Å². The molecule has 0 heterocycles. The second-order valence-electron chi connectivity index (χ2n) is 5.30. The van der Waals surface area contributed by atoms with E-state index in [0.29, 0.717) is 11.3 Å². The van der Waals surface area contributed by atoms with Gasteiger partial charge in [0.25, 0.3) is 0 Å². The Kier molecular flexibility index (Phi) is 2.53. The van der Waals surface area contributed by atoms with E-state index in [0.717, 1.165) is 19.3 Å². The SMILES string of the molecule is CCCC1(O)CC(C)(C)CC1C. The summed E-state index contributed by atoms with van der Waals surface area (Å²) in [6.45, 7) is 8.86. The topological polar surface area (TPSA) is 20.2 Å². The van der Waals surface area contributed by atoms with E-state index in [9.17, 15) is 5.11 Å². The Morgan fingerprint density at radius 3 is 2.33 bits per heavy atom. The van der Waals surface area contributed by atoms with Gasteiger partial charge in [-0.2, -0.15) is 0 Å². The summed E-state index contributed by atoms with van der Waals surface area (Å²) in [4.78, 5) is 0. The molecule has 0 saturated heterocycles. The summed E-state index contributed by atoms with van der Waals surface area (Å²) in [6.07, 6.45) is 4.22. The lowest BCUT2D eigenvalue weighted by molar-refractivity contribution is -0.00460. The lowest BCUT2D eigenvalue weighted by Crippen LogP contribution is -2.31. The molecule has 1 aliphatic rings. The molecule has 1 fully saturated rings. The van der Waals surface area contributed by atoms with Gasteiger partial charge in [-0.05, 0) is 30.6 Å². The zero-order valence-corrected chi connectivity index (χ0v) is 8.85. The Labute approximate surface area is 76.2 Å². The van der Waals surface area contributed by atoms with E-state index in [2.05, 4.69) is 27.7 Å². The first-order valence-electron chi connectivity index (χ1n) is 5.12. The molecule has 12 heavy (non-hydrogen) atoms. The molecule has 0 aliphatic heterocycles. The van der Waals surface area contributed by atoms with Gasteiger partial charge in [0.2, 0.25) is 0 Å². The fourth-order valence-corrected chi connectivity index (χ4v) is 2.86. The van der Waals surface area contributed by atoms with E-state index in [1.54, 1.807) is 0 Å². The van der Waals surface area contributed by atoms with Crippen LogP contribution in [-0.4, -0.2) is 10.7 Å². The van der Waals surface area contributed by atoms with Gasteiger partial charge < -0.3 is 5.11 Å². The summed E-state index contributed by atoms with van der Waals surface area (Å²) in [5.74, 6) is 0.479. The molecule has 0 spiro atoms. The van der Waals surface area contributed by atoms with Gasteiger partial charge >= 0.3 is 0 Å². The highest BCUT2D eigenvalue weighted by molar-refractivity contribution is 4.97. The minimum atomic E-state index is -0.363. The van der Waals surface area contributed by atoms with Gasteiger partial charge in [-0.25, -0.2) is 0 Å². The molecular formula is C11H22O. The summed E-state index contributed by atoms with van der Waals surface area (Å²) in [6, 6.07) is 0. The Morgan fingerprint density at radius 2 is 2.00 bits per heavy atom. The van der Waals surface area contributed by atoms with Crippen molar-refractivity contribution in [1.82, 2.24) is 0 Å². The molecule has 2 unspecified atom stereocenters. The molecule has 1 nitrogen and oxygen atoms in total. The summed E-state index contributed by atoms with van der Waals surface area (Å²) in [5.41, 5.74) is -0.0123. The van der Waals surface area contributed by atoms with Crippen LogP contribution < -0.4 is 0 Å². The Morgan fingerprint density at radius 1 is 1.42 bits per heavy atom. The van der Waals surface area contributed by atoms with Crippen LogP contribution in [0.1, 0.15) is 53.4 Å². The predicted molar refractivity (Wildman–Crippen MR) is 52.0 cm³/mol. The van der Waals surface area contributed by atoms with Crippen LogP contribution in [0.4, 0.5) is 0 Å². The normalized spacial score (nSPS) is 40.2. The first kappa shape index (κ1) is 10.0. The van der Waals surface area contributed by atoms with E-state index in [1.165, 1.54) is 6.42 Å². The van der Waals surface area contributed by atoms with Crippen molar-refractivity contribution in [2.24, 2.45) is 11.3 Å². The van der Waals surface area contributed by atoms with Crippen LogP contribution in [-0.2, 0) is 0 Å². The second kappa shape index (κ2) is 3.02. The van der Waals surface area contributed by atoms with Crippen LogP contribution in [0.25, 0.3) is 0 Å². The lowest BCUT2D eigenvalue weighted by Gasteiger charge is -2.27. The molecule has 1 N–H and O–H groups in total. The maximum absolute atomic E-state index is 10.3. The van der Waals surface area contributed by atoms with Crippen LogP contribution in [0.5, 0.6) is 0 Å². The minimum absolute atomic E-state index is 0.351. The van der Waals surface area contributed by atoms with Crippen molar-refractivity contribution in [2.75, 3.05) is 0 Å². The van der Waals surface area contributed by atoms with Gasteiger partial charge in [-0.3, -0.25) is 0 Å². The van der Waals surface area contributed by atoms with Gasteiger partial charge in [0.1, 0.15) is 0 Å². The summed E-state index contributed by atoms with van der Waals surface area (Å²) in [5, 5.41) is 10.3. The van der Waals surface area contributed by atoms with Gasteiger partial charge in [-0.15, -0.1) is 0 Å². The number of aliphatic hydroxyl groups is 1. The number of hydrogen-bond acceptors (Lipinski definition) is 1. The van der Waals surface area contributed by atoms with Gasteiger partial charge in [0.15, 0.2) is 0 Å². The summed E-state index contributed by atoms with van der Waals surface area (Å²) < 4.78 is 0. The third-order valence-corrected chi connectivity index (χ3v) is 3.24. The van der Waals surface area contributed by atoms with Crippen LogP contribution in [0.15, 0.2) is 0 Å². The molecule has 2 atom stereocenters. The molecule has 1 heteroatoms. The van der Waals surface area contributed by atoms with Crippen LogP contribution in [0.2, 0.25) is 0 Å². The van der Waals surface area contributed by atoms with E-state index < -0.39 is 0 Å². The molecule has 1 saturated carbocycles. The zero-order valence-electron chi connectivity index (χ0n) is 8.85. The summed E-state index contributed by atoms with van der Waals surface area (Å²) in [7, 11) is 0. The Bertz CT molecular complexity index is 162. The molecule has 0 aromatic heterocycles. The number of hydrogen-bond donors (Lipinski definition) is 1. The van der Waals surface area contributed by atoms with Gasteiger partial charge in [0, 0.05) is 0 Å². The molecule has 72 valence electrons. The third kappa shape index (κ3) is 1.82. The van der Waals surface area contributed by atoms with Crippen molar-refractivity contribution < 1.29 is 5.11 Å². The van der Waals surface area contributed by atoms with Gasteiger partial charge in [-0.1, -0.05) is 34.1 Å². The highest BCUT2D eigenvalue weighted by Gasteiger charge is 2.46. The maximum atomic E-state index is 10.3. The molecule has 0 radical (unpaired) electrons. The Balaban J connectivity index is 2.67. The fraction of sp³-hybridized carbons (Fsp3) is 1.00. The molecule has 0 aromatic rings. The zero-order chi connectivity index (χ0) is 9.41. The second-order valence-corrected chi connectivity index (χ2v) is 5.30. The van der Waals surface area contributed by atoms with Crippen molar-refractivity contribution in [2.45, 2.75) is 59.0 Å². The smallest absolute Gasteiger partial charge is 0.0678 e.